The first-order chi connectivity index (χ1) is 5.44. The van der Waals surface area contributed by atoms with Crippen molar-refractivity contribution < 1.29 is 4.79 Å². The quantitative estimate of drug-likeness (QED) is 0.430. The van der Waals surface area contributed by atoms with Crippen molar-refractivity contribution in [2.45, 2.75) is 34.1 Å². The molecule has 12 heavy (non-hydrogen) atoms. The Labute approximate surface area is 74.2 Å². The van der Waals surface area contributed by atoms with E-state index >= 15 is 0 Å². The van der Waals surface area contributed by atoms with Gasteiger partial charge in [0.25, 0.3) is 0 Å². The van der Waals surface area contributed by atoms with Crippen molar-refractivity contribution in [3.8, 4) is 0 Å². The van der Waals surface area contributed by atoms with Crippen LogP contribution >= 0.6 is 0 Å². The summed E-state index contributed by atoms with van der Waals surface area (Å²) in [6.07, 6.45) is 4.92. The van der Waals surface area contributed by atoms with E-state index in [0.717, 1.165) is 6.42 Å². The molecule has 0 saturated heterocycles. The third-order valence-electron chi connectivity index (χ3n) is 2.79. The highest BCUT2D eigenvalue weighted by Gasteiger charge is 2.29. The van der Waals surface area contributed by atoms with Gasteiger partial charge in [0, 0.05) is 5.41 Å². The van der Waals surface area contributed by atoms with Crippen LogP contribution in [0.15, 0.2) is 23.3 Å². The van der Waals surface area contributed by atoms with Crippen molar-refractivity contribution in [2.24, 2.45) is 5.41 Å². The maximum atomic E-state index is 10.9. The lowest BCUT2D eigenvalue weighted by atomic mass is 9.82. The zero-order valence-electron chi connectivity index (χ0n) is 8.27. The Hall–Kier alpha value is -0.850. The van der Waals surface area contributed by atoms with Crippen LogP contribution in [0.3, 0.4) is 0 Å². The number of rotatable bonds is 1. The molecule has 0 heterocycles. The summed E-state index contributed by atoms with van der Waals surface area (Å²) in [5, 5.41) is 0. The average Bonchev–Trinajstić information content (AvgIpc) is 2.15. The van der Waals surface area contributed by atoms with Crippen molar-refractivity contribution in [3.05, 3.63) is 23.3 Å². The maximum absolute atomic E-state index is 10.9. The normalized spacial score (nSPS) is 24.3. The molecule has 1 aliphatic carbocycles. The molecule has 0 aromatic heterocycles. The number of carbonyl (C=O) groups excluding carboxylic acids is 1. The van der Waals surface area contributed by atoms with Gasteiger partial charge in [-0.3, -0.25) is 4.79 Å². The summed E-state index contributed by atoms with van der Waals surface area (Å²) in [6.45, 7) is 8.07. The van der Waals surface area contributed by atoms with Crippen molar-refractivity contribution in [3.63, 3.8) is 0 Å². The van der Waals surface area contributed by atoms with E-state index in [1.807, 2.05) is 0 Å². The van der Waals surface area contributed by atoms with Crippen LogP contribution in [0.25, 0.3) is 0 Å². The Balaban J connectivity index is 2.95. The van der Waals surface area contributed by atoms with Gasteiger partial charge in [-0.05, 0) is 26.3 Å². The van der Waals surface area contributed by atoms with Gasteiger partial charge in [0.05, 0.1) is 0 Å². The minimum Gasteiger partial charge on any atom is -0.295 e. The molecule has 1 heteroatoms. The maximum Gasteiger partial charge on any atom is 0.152 e. The van der Waals surface area contributed by atoms with Gasteiger partial charge in [-0.1, -0.05) is 31.1 Å². The van der Waals surface area contributed by atoms with Gasteiger partial charge in [0.1, 0.15) is 0 Å². The van der Waals surface area contributed by atoms with E-state index in [1.54, 1.807) is 13.0 Å². The summed E-state index contributed by atoms with van der Waals surface area (Å²) in [5.41, 5.74) is 2.72. The molecule has 66 valence electrons. The lowest BCUT2D eigenvalue weighted by Gasteiger charge is -2.22. The van der Waals surface area contributed by atoms with Gasteiger partial charge in [-0.15, -0.1) is 0 Å². The minimum atomic E-state index is 0.103. The third kappa shape index (κ3) is 1.50. The molecule has 0 N–H and O–H groups in total. The van der Waals surface area contributed by atoms with Gasteiger partial charge >= 0.3 is 0 Å². The summed E-state index contributed by atoms with van der Waals surface area (Å²) < 4.78 is 0. The van der Waals surface area contributed by atoms with Gasteiger partial charge < -0.3 is 0 Å². The Morgan fingerprint density at radius 2 is 2.17 bits per heavy atom. The Bertz CT molecular complexity index is 267. The fourth-order valence-electron chi connectivity index (χ4n) is 1.51. The van der Waals surface area contributed by atoms with E-state index in [2.05, 4.69) is 26.8 Å². The second-order valence-electron chi connectivity index (χ2n) is 4.00. The summed E-state index contributed by atoms with van der Waals surface area (Å²) in [4.78, 5) is 10.9. The van der Waals surface area contributed by atoms with Crippen LogP contribution in [0.5, 0.6) is 0 Å². The highest BCUT2D eigenvalue weighted by Crippen LogP contribution is 2.42. The molecule has 0 amide bonds. The number of ketones is 1. The van der Waals surface area contributed by atoms with Crippen LogP contribution in [0.1, 0.15) is 34.1 Å². The lowest BCUT2D eigenvalue weighted by Crippen LogP contribution is -2.12. The summed E-state index contributed by atoms with van der Waals surface area (Å²) >= 11 is 0. The molecular weight excluding hydrogens is 148 g/mol. The Morgan fingerprint density at radius 3 is 2.50 bits per heavy atom. The SMILES string of the molecule is CC(=O)C=C1CC=C(C)C1(C)C. The summed E-state index contributed by atoms with van der Waals surface area (Å²) in [7, 11) is 0. The van der Waals surface area contributed by atoms with Crippen LogP contribution in [-0.4, -0.2) is 5.78 Å². The number of carbonyl (C=O) groups is 1. The zero-order valence-corrected chi connectivity index (χ0v) is 8.27. The fourth-order valence-corrected chi connectivity index (χ4v) is 1.51. The van der Waals surface area contributed by atoms with Crippen LogP contribution in [0, 0.1) is 5.41 Å². The monoisotopic (exact) mass is 164 g/mol. The Morgan fingerprint density at radius 1 is 1.58 bits per heavy atom. The second kappa shape index (κ2) is 2.89. The molecule has 1 nitrogen and oxygen atoms in total. The molecule has 0 unspecified atom stereocenters. The van der Waals surface area contributed by atoms with E-state index in [0.29, 0.717) is 0 Å². The van der Waals surface area contributed by atoms with Crippen LogP contribution < -0.4 is 0 Å². The van der Waals surface area contributed by atoms with Crippen molar-refractivity contribution in [2.75, 3.05) is 0 Å². The van der Waals surface area contributed by atoms with E-state index < -0.39 is 0 Å². The average molecular weight is 164 g/mol. The van der Waals surface area contributed by atoms with Crippen LogP contribution in [0.2, 0.25) is 0 Å². The molecule has 0 fully saturated rings. The zero-order chi connectivity index (χ0) is 9.35. The van der Waals surface area contributed by atoms with E-state index in [1.165, 1.54) is 11.1 Å². The first-order valence-electron chi connectivity index (χ1n) is 4.33. The first kappa shape index (κ1) is 9.24. The second-order valence-corrected chi connectivity index (χ2v) is 4.00. The van der Waals surface area contributed by atoms with Gasteiger partial charge in [0.15, 0.2) is 5.78 Å². The molecule has 0 aromatic carbocycles. The number of allylic oxidation sites excluding steroid dienone is 4. The van der Waals surface area contributed by atoms with E-state index in [-0.39, 0.29) is 11.2 Å². The van der Waals surface area contributed by atoms with Crippen LogP contribution in [-0.2, 0) is 4.79 Å². The first-order valence-corrected chi connectivity index (χ1v) is 4.33. The van der Waals surface area contributed by atoms with E-state index in [4.69, 9.17) is 0 Å². The molecule has 1 rings (SSSR count). The molecule has 0 saturated carbocycles. The van der Waals surface area contributed by atoms with Gasteiger partial charge in [-0.25, -0.2) is 0 Å². The highest BCUT2D eigenvalue weighted by molar-refractivity contribution is 5.88. The molecule has 0 spiro atoms. The standard InChI is InChI=1S/C11H16O/c1-8-5-6-10(7-9(2)12)11(8,3)4/h5,7H,6H2,1-4H3. The summed E-state index contributed by atoms with van der Waals surface area (Å²) in [5.74, 6) is 0.154. The molecule has 0 bridgehead atoms. The number of hydrogen-bond donors (Lipinski definition) is 0. The fraction of sp³-hybridized carbons (Fsp3) is 0.545. The Kier molecular flexibility index (Phi) is 2.22. The molecular formula is C11H16O. The molecule has 0 radical (unpaired) electrons. The van der Waals surface area contributed by atoms with Crippen molar-refractivity contribution >= 4 is 5.78 Å². The topological polar surface area (TPSA) is 17.1 Å². The van der Waals surface area contributed by atoms with E-state index in [9.17, 15) is 4.79 Å². The third-order valence-corrected chi connectivity index (χ3v) is 2.79. The smallest absolute Gasteiger partial charge is 0.152 e. The minimum absolute atomic E-state index is 0.103. The number of hydrogen-bond acceptors (Lipinski definition) is 1. The van der Waals surface area contributed by atoms with Crippen molar-refractivity contribution in [1.29, 1.82) is 0 Å². The van der Waals surface area contributed by atoms with Gasteiger partial charge in [0.2, 0.25) is 0 Å². The summed E-state index contributed by atoms with van der Waals surface area (Å²) in [6, 6.07) is 0. The lowest BCUT2D eigenvalue weighted by molar-refractivity contribution is -0.112. The van der Waals surface area contributed by atoms with Crippen LogP contribution in [0.4, 0.5) is 0 Å². The molecule has 0 atom stereocenters. The molecule has 1 aliphatic rings. The van der Waals surface area contributed by atoms with Crippen molar-refractivity contribution in [1.82, 2.24) is 0 Å². The molecule has 0 aromatic rings. The predicted molar refractivity (Wildman–Crippen MR) is 50.9 cm³/mol. The molecule has 0 aliphatic heterocycles. The van der Waals surface area contributed by atoms with Gasteiger partial charge in [-0.2, -0.15) is 0 Å². The predicted octanol–water partition coefficient (Wildman–Crippen LogP) is 2.88. The highest BCUT2D eigenvalue weighted by atomic mass is 16.1. The largest absolute Gasteiger partial charge is 0.295 e.